The Hall–Kier alpha value is -1.10. The summed E-state index contributed by atoms with van der Waals surface area (Å²) in [5, 5.41) is 8.72. The van der Waals surface area contributed by atoms with Crippen LogP contribution in [0.15, 0.2) is 5.16 Å². The standard InChI is InChI=1S/C6H11N3.C5H9N3S.Au.BF3.FH/c1-5-7-9(4)6(2)8(5)3;1-4-7(2)5(9)6-8(4)3;;2-1(3)4;/h1H2,2-4H3;1-3H3;;;1H/p-1. The van der Waals surface area contributed by atoms with Crippen LogP contribution in [0.3, 0.4) is 0 Å². The Kier molecular flexibility index (Phi) is 14.2. The van der Waals surface area contributed by atoms with Crippen molar-refractivity contribution < 1.29 is 49.2 Å². The maximum absolute atomic E-state index is 9.67. The van der Waals surface area contributed by atoms with Crippen LogP contribution in [0, 0.1) is 20.8 Å². The summed E-state index contributed by atoms with van der Waals surface area (Å²) >= 11 is 4.89. The third-order valence-electron chi connectivity index (χ3n) is 3.08. The van der Waals surface area contributed by atoms with Gasteiger partial charge in [-0.2, -0.15) is 0 Å². The van der Waals surface area contributed by atoms with Crippen molar-refractivity contribution in [2.45, 2.75) is 19.0 Å². The van der Waals surface area contributed by atoms with E-state index in [9.17, 15) is 12.9 Å². The summed E-state index contributed by atoms with van der Waals surface area (Å²) in [4.78, 5) is 0. The van der Waals surface area contributed by atoms with Gasteiger partial charge in [-0.05, 0) is 0 Å². The van der Waals surface area contributed by atoms with E-state index in [2.05, 4.69) is 17.1 Å². The third-order valence-corrected chi connectivity index (χ3v) is 3.44. The van der Waals surface area contributed by atoms with Crippen LogP contribution in [0.4, 0.5) is 12.9 Å². The average Bonchev–Trinajstić information content (AvgIpc) is 2.75. The van der Waals surface area contributed by atoms with Crippen LogP contribution < -0.4 is 13.8 Å². The first kappa shape index (κ1) is 27.7. The molecule has 0 N–H and O–H groups in total. The van der Waals surface area contributed by atoms with Gasteiger partial charge in [0.1, 0.15) is 5.82 Å². The van der Waals surface area contributed by atoms with E-state index in [-0.39, 0.29) is 27.1 Å². The zero-order valence-corrected chi connectivity index (χ0v) is 17.2. The van der Waals surface area contributed by atoms with Crippen LogP contribution in [-0.4, -0.2) is 27.1 Å². The number of aryl methyl sites for hydroxylation is 2. The van der Waals surface area contributed by atoms with E-state index in [0.717, 1.165) is 17.5 Å². The molecule has 2 heterocycles. The summed E-state index contributed by atoms with van der Waals surface area (Å²) in [6, 6.07) is 0. The summed E-state index contributed by atoms with van der Waals surface area (Å²) in [6.45, 7) is 7.71. The minimum atomic E-state index is -3.67. The molecule has 2 rings (SSSR count). The van der Waals surface area contributed by atoms with Crippen LogP contribution in [0.5, 0.6) is 0 Å². The number of nitrogens with zero attached hydrogens (tertiary/aromatic N) is 6. The molecule has 0 amide bonds. The second-order valence-electron chi connectivity index (χ2n) is 4.41. The second-order valence-corrected chi connectivity index (χ2v) is 4.77. The molecule has 0 saturated heterocycles. The molecule has 0 unspecified atom stereocenters. The normalized spacial score (nSPS) is 8.71. The van der Waals surface area contributed by atoms with Gasteiger partial charge in [-0.15, -0.1) is 9.36 Å². The molecule has 6 nitrogen and oxygen atoms in total. The largest absolute Gasteiger partial charge is 1.00 e. The van der Waals surface area contributed by atoms with Crippen molar-refractivity contribution in [3.8, 4) is 0 Å². The second kappa shape index (κ2) is 12.3. The number of hydrogen-bond donors (Lipinski definition) is 0. The quantitative estimate of drug-likeness (QED) is 0.116. The monoisotopic (exact) mass is 552 g/mol. The van der Waals surface area contributed by atoms with Crippen molar-refractivity contribution in [1.29, 1.82) is 0 Å². The number of rotatable bonds is 0. The number of hydrogen-bond acceptors (Lipinski definition) is 3. The topological polar surface area (TPSA) is 43.4 Å². The van der Waals surface area contributed by atoms with Gasteiger partial charge in [-0.25, -0.2) is 0 Å². The fourth-order valence-corrected chi connectivity index (χ4v) is 1.59. The summed E-state index contributed by atoms with van der Waals surface area (Å²) in [6.07, 6.45) is 0. The minimum Gasteiger partial charge on any atom is -1.00 e. The molecule has 1 radical (unpaired) electrons. The Morgan fingerprint density at radius 3 is 1.42 bits per heavy atom. The van der Waals surface area contributed by atoms with Gasteiger partial charge in [0.2, 0.25) is 11.6 Å². The van der Waals surface area contributed by atoms with Crippen molar-refractivity contribution in [1.82, 2.24) is 19.6 Å². The van der Waals surface area contributed by atoms with E-state index in [0.29, 0.717) is 5.16 Å². The maximum atomic E-state index is 9.67. The van der Waals surface area contributed by atoms with Gasteiger partial charge in [0.25, 0.3) is 0 Å². The fourth-order valence-electron chi connectivity index (χ4n) is 1.34. The van der Waals surface area contributed by atoms with Gasteiger partial charge in [0.15, 0.2) is 5.16 Å². The molecular formula is C11H20AuBF4N6S-. The molecule has 0 aliphatic heterocycles. The Labute approximate surface area is 160 Å². The fraction of sp³-hybridized carbons (Fsp3) is 0.545. The number of aromatic nitrogens is 6. The van der Waals surface area contributed by atoms with Gasteiger partial charge in [-0.1, -0.05) is 0 Å². The predicted octanol–water partition coefficient (Wildman–Crippen LogP) is -2.92. The first-order valence-electron chi connectivity index (χ1n) is 6.19. The van der Waals surface area contributed by atoms with Gasteiger partial charge in [0.05, 0.1) is 28.2 Å². The van der Waals surface area contributed by atoms with Crippen LogP contribution in [0.25, 0.3) is 0 Å². The molecule has 0 aliphatic rings. The van der Waals surface area contributed by atoms with Crippen LogP contribution in [-0.2, 0) is 63.2 Å². The van der Waals surface area contributed by atoms with Crippen LogP contribution in [0.1, 0.15) is 17.5 Å². The smallest absolute Gasteiger partial charge is 0.762 e. The predicted molar refractivity (Wildman–Crippen MR) is 77.4 cm³/mol. The number of halogens is 4. The van der Waals surface area contributed by atoms with E-state index < -0.39 is 7.54 Å². The van der Waals surface area contributed by atoms with Crippen LogP contribution in [0.2, 0.25) is 0 Å². The van der Waals surface area contributed by atoms with E-state index in [1.165, 1.54) is 0 Å². The van der Waals surface area contributed by atoms with Gasteiger partial charge < -0.3 is 24.3 Å². The SMILES string of the molecule is Cc1n(C)nc([S-])[n+]1C.FB(F)F.[Au].[CH2-]c1nn(C)c(C)[n+]1C.[F-]. The van der Waals surface area contributed by atoms with Gasteiger partial charge in [0, 0.05) is 46.4 Å². The molecule has 0 fully saturated rings. The molecule has 0 aromatic carbocycles. The maximum Gasteiger partial charge on any atom is 0.762 e. The summed E-state index contributed by atoms with van der Waals surface area (Å²) in [7, 11) is 3.98. The Morgan fingerprint density at radius 2 is 1.33 bits per heavy atom. The Bertz CT molecular complexity index is 524. The van der Waals surface area contributed by atoms with Crippen molar-refractivity contribution >= 4 is 20.2 Å². The summed E-state index contributed by atoms with van der Waals surface area (Å²) in [5.41, 5.74) is 0. The molecular weight excluding hydrogens is 532 g/mol. The first-order valence-corrected chi connectivity index (χ1v) is 6.60. The van der Waals surface area contributed by atoms with Crippen LogP contribution >= 0.6 is 0 Å². The van der Waals surface area contributed by atoms with Crippen molar-refractivity contribution in [2.24, 2.45) is 28.2 Å². The van der Waals surface area contributed by atoms with E-state index in [1.807, 2.05) is 55.9 Å². The van der Waals surface area contributed by atoms with Crippen molar-refractivity contribution in [2.75, 3.05) is 0 Å². The molecule has 2 aromatic rings. The zero-order valence-electron chi connectivity index (χ0n) is 14.2. The van der Waals surface area contributed by atoms with Gasteiger partial charge in [-0.3, -0.25) is 22.1 Å². The van der Waals surface area contributed by atoms with E-state index in [4.69, 9.17) is 12.6 Å². The molecule has 24 heavy (non-hydrogen) atoms. The van der Waals surface area contributed by atoms with E-state index in [1.54, 1.807) is 4.68 Å². The van der Waals surface area contributed by atoms with Crippen molar-refractivity contribution in [3.63, 3.8) is 0 Å². The molecule has 0 spiro atoms. The Morgan fingerprint density at radius 1 is 1.00 bits per heavy atom. The zero-order chi connectivity index (χ0) is 17.6. The Balaban J connectivity index is -0.000000283. The molecule has 2 aromatic heterocycles. The molecule has 143 valence electrons. The van der Waals surface area contributed by atoms with Crippen molar-refractivity contribution in [3.05, 3.63) is 24.4 Å². The summed E-state index contributed by atoms with van der Waals surface area (Å²) in [5.74, 6) is 2.98. The molecule has 0 saturated carbocycles. The molecule has 13 heteroatoms. The average molecular weight is 552 g/mol. The molecule has 0 aliphatic carbocycles. The molecule has 0 atom stereocenters. The summed E-state index contributed by atoms with van der Waals surface area (Å²) < 4.78 is 36.4. The first-order chi connectivity index (χ1) is 9.98. The minimum absolute atomic E-state index is 0. The molecule has 0 bridgehead atoms. The third kappa shape index (κ3) is 8.66. The van der Waals surface area contributed by atoms with E-state index >= 15 is 0 Å². The van der Waals surface area contributed by atoms with Gasteiger partial charge >= 0.3 is 7.54 Å².